The Morgan fingerprint density at radius 2 is 2.29 bits per heavy atom. The number of pyridine rings is 1. The van der Waals surface area contributed by atoms with Gasteiger partial charge in [0.25, 0.3) is 0 Å². The summed E-state index contributed by atoms with van der Waals surface area (Å²) in [7, 11) is 1.64. The molecule has 1 fully saturated rings. The van der Waals surface area contributed by atoms with Crippen molar-refractivity contribution in [1.29, 1.82) is 0 Å². The highest BCUT2D eigenvalue weighted by molar-refractivity contribution is 14.0. The lowest BCUT2D eigenvalue weighted by atomic mass is 10.1. The van der Waals surface area contributed by atoms with E-state index in [1.54, 1.807) is 7.11 Å². The second kappa shape index (κ2) is 11.0. The molecule has 1 aromatic rings. The highest BCUT2D eigenvalue weighted by Crippen LogP contribution is 2.24. The first kappa shape index (κ1) is 21.3. The molecule has 5 nitrogen and oxygen atoms in total. The van der Waals surface area contributed by atoms with Crippen LogP contribution in [0.2, 0.25) is 0 Å². The zero-order valence-electron chi connectivity index (χ0n) is 15.0. The number of hydrogen-bond donors (Lipinski definition) is 1. The molecule has 0 radical (unpaired) electrons. The first-order chi connectivity index (χ1) is 11.1. The van der Waals surface area contributed by atoms with Crippen LogP contribution in [0.25, 0.3) is 0 Å². The maximum atomic E-state index is 5.18. The van der Waals surface area contributed by atoms with Crippen molar-refractivity contribution in [2.45, 2.75) is 32.6 Å². The first-order valence-corrected chi connectivity index (χ1v) is 9.33. The van der Waals surface area contributed by atoms with Crippen LogP contribution in [0.5, 0.6) is 5.88 Å². The number of ether oxygens (including phenoxy) is 1. The van der Waals surface area contributed by atoms with E-state index in [2.05, 4.69) is 47.7 Å². The summed E-state index contributed by atoms with van der Waals surface area (Å²) < 4.78 is 5.18. The number of aromatic nitrogens is 1. The molecule has 24 heavy (non-hydrogen) atoms. The molecule has 0 bridgehead atoms. The smallest absolute Gasteiger partial charge is 0.213 e. The zero-order valence-corrected chi connectivity index (χ0v) is 18.1. The monoisotopic (exact) mass is 464 g/mol. The summed E-state index contributed by atoms with van der Waals surface area (Å²) in [4.78, 5) is 11.6. The van der Waals surface area contributed by atoms with E-state index in [0.29, 0.717) is 23.6 Å². The number of guanidine groups is 1. The van der Waals surface area contributed by atoms with E-state index in [0.717, 1.165) is 37.0 Å². The number of methoxy groups -OCH3 is 1. The molecule has 0 amide bonds. The van der Waals surface area contributed by atoms with E-state index < -0.39 is 0 Å². The lowest BCUT2D eigenvalue weighted by molar-refractivity contribution is 0.380. The normalized spacial score (nSPS) is 18.3. The molecule has 1 aromatic heterocycles. The van der Waals surface area contributed by atoms with Gasteiger partial charge in [-0.25, -0.2) is 9.98 Å². The molecule has 1 atom stereocenters. The molecule has 7 heteroatoms. The lowest BCUT2D eigenvalue weighted by Crippen LogP contribution is -2.49. The fraction of sp³-hybridized carbons (Fsp3) is 0.647. The summed E-state index contributed by atoms with van der Waals surface area (Å²) in [5, 5.41) is 4.09. The molecule has 2 heterocycles. The molecule has 1 N–H and O–H groups in total. The number of nitrogens with one attached hydrogen (secondary N) is 1. The quantitative estimate of drug-likeness (QED) is 0.412. The van der Waals surface area contributed by atoms with Gasteiger partial charge < -0.3 is 15.0 Å². The molecule has 2 rings (SSSR count). The third-order valence-electron chi connectivity index (χ3n) is 3.85. The number of thioether (sulfide) groups is 1. The van der Waals surface area contributed by atoms with Crippen LogP contribution in [0, 0.1) is 5.92 Å². The van der Waals surface area contributed by atoms with Crippen molar-refractivity contribution in [2.75, 3.05) is 32.5 Å². The van der Waals surface area contributed by atoms with Crippen molar-refractivity contribution < 1.29 is 4.74 Å². The summed E-state index contributed by atoms with van der Waals surface area (Å²) in [5.74, 6) is 3.47. The van der Waals surface area contributed by atoms with Crippen molar-refractivity contribution >= 4 is 41.7 Å². The summed E-state index contributed by atoms with van der Waals surface area (Å²) in [6, 6.07) is 5.79. The van der Waals surface area contributed by atoms with Crippen LogP contribution in [-0.2, 0) is 6.54 Å². The van der Waals surface area contributed by atoms with Crippen molar-refractivity contribution in [2.24, 2.45) is 10.9 Å². The maximum absolute atomic E-state index is 5.18. The van der Waals surface area contributed by atoms with Crippen molar-refractivity contribution in [1.82, 2.24) is 15.2 Å². The number of nitrogens with zero attached hydrogens (tertiary/aromatic N) is 3. The van der Waals surface area contributed by atoms with Gasteiger partial charge in [0, 0.05) is 36.7 Å². The van der Waals surface area contributed by atoms with E-state index in [1.165, 1.54) is 0 Å². The van der Waals surface area contributed by atoms with E-state index in [4.69, 9.17) is 9.73 Å². The van der Waals surface area contributed by atoms with E-state index in [9.17, 15) is 0 Å². The van der Waals surface area contributed by atoms with E-state index in [1.807, 2.05) is 18.2 Å². The molecule has 1 aliphatic rings. The molecule has 0 aromatic carbocycles. The summed E-state index contributed by atoms with van der Waals surface area (Å²) in [6.07, 6.45) is 0. The molecular formula is C17H29IN4OS. The van der Waals surface area contributed by atoms with Crippen LogP contribution in [0.15, 0.2) is 23.2 Å². The molecule has 0 saturated carbocycles. The predicted molar refractivity (Wildman–Crippen MR) is 114 cm³/mol. The Bertz CT molecular complexity index is 527. The van der Waals surface area contributed by atoms with Crippen LogP contribution in [-0.4, -0.2) is 53.6 Å². The number of halogens is 1. The molecular weight excluding hydrogens is 435 g/mol. The van der Waals surface area contributed by atoms with Gasteiger partial charge in [0.05, 0.1) is 19.3 Å². The van der Waals surface area contributed by atoms with Crippen LogP contribution in [0.4, 0.5) is 0 Å². The van der Waals surface area contributed by atoms with Gasteiger partial charge >= 0.3 is 0 Å². The molecule has 1 saturated heterocycles. The van der Waals surface area contributed by atoms with E-state index in [-0.39, 0.29) is 24.0 Å². The van der Waals surface area contributed by atoms with Gasteiger partial charge in [0.1, 0.15) is 0 Å². The van der Waals surface area contributed by atoms with Crippen LogP contribution in [0.3, 0.4) is 0 Å². The maximum Gasteiger partial charge on any atom is 0.213 e. The minimum absolute atomic E-state index is 0. The molecule has 0 aliphatic carbocycles. The molecule has 1 unspecified atom stereocenters. The number of hydrogen-bond acceptors (Lipinski definition) is 4. The Kier molecular flexibility index (Phi) is 9.80. The standard InChI is InChI=1S/C17H28N4OS.HI/c1-5-18-17(21-9-10-23-15(12-21)13(2)3)19-11-14-7-6-8-16(20-14)22-4;/h6-8,13,15H,5,9-12H2,1-4H3,(H,18,19);1H. The number of rotatable bonds is 5. The highest BCUT2D eigenvalue weighted by atomic mass is 127. The number of aliphatic imine (C=N–C) groups is 1. The minimum atomic E-state index is 0. The second-order valence-corrected chi connectivity index (χ2v) is 7.29. The van der Waals surface area contributed by atoms with Gasteiger partial charge in [-0.1, -0.05) is 19.9 Å². The topological polar surface area (TPSA) is 49.8 Å². The Balaban J connectivity index is 0.00000288. The Hall–Kier alpha value is -0.700. The predicted octanol–water partition coefficient (Wildman–Crippen LogP) is 3.25. The molecule has 1 aliphatic heterocycles. The summed E-state index contributed by atoms with van der Waals surface area (Å²) in [5.41, 5.74) is 0.923. The highest BCUT2D eigenvalue weighted by Gasteiger charge is 2.24. The van der Waals surface area contributed by atoms with Gasteiger partial charge in [0.15, 0.2) is 5.96 Å². The first-order valence-electron chi connectivity index (χ1n) is 8.28. The van der Waals surface area contributed by atoms with Crippen molar-refractivity contribution in [3.05, 3.63) is 23.9 Å². The van der Waals surface area contributed by atoms with E-state index >= 15 is 0 Å². The minimum Gasteiger partial charge on any atom is -0.481 e. The molecule has 0 spiro atoms. The lowest BCUT2D eigenvalue weighted by Gasteiger charge is -2.36. The Morgan fingerprint density at radius 3 is 2.96 bits per heavy atom. The molecule has 136 valence electrons. The second-order valence-electron chi connectivity index (χ2n) is 5.94. The van der Waals surface area contributed by atoms with Gasteiger partial charge in [-0.3, -0.25) is 0 Å². The van der Waals surface area contributed by atoms with Gasteiger partial charge in [-0.15, -0.1) is 24.0 Å². The van der Waals surface area contributed by atoms with Crippen LogP contribution in [0.1, 0.15) is 26.5 Å². The third kappa shape index (κ3) is 6.31. The third-order valence-corrected chi connectivity index (χ3v) is 5.39. The van der Waals surface area contributed by atoms with Crippen LogP contribution < -0.4 is 10.1 Å². The zero-order chi connectivity index (χ0) is 16.7. The SMILES string of the molecule is CCNC(=NCc1cccc(OC)n1)N1CCSC(C(C)C)C1.I. The average Bonchev–Trinajstić information content (AvgIpc) is 2.59. The Labute approximate surface area is 167 Å². The van der Waals surface area contributed by atoms with Gasteiger partial charge in [-0.2, -0.15) is 11.8 Å². The average molecular weight is 464 g/mol. The summed E-state index contributed by atoms with van der Waals surface area (Å²) in [6.45, 7) is 10.2. The Morgan fingerprint density at radius 1 is 1.50 bits per heavy atom. The fourth-order valence-electron chi connectivity index (χ4n) is 2.51. The fourth-order valence-corrected chi connectivity index (χ4v) is 3.81. The van der Waals surface area contributed by atoms with Crippen molar-refractivity contribution in [3.63, 3.8) is 0 Å². The van der Waals surface area contributed by atoms with Gasteiger partial charge in [0.2, 0.25) is 5.88 Å². The largest absolute Gasteiger partial charge is 0.481 e. The van der Waals surface area contributed by atoms with Crippen LogP contribution >= 0.6 is 35.7 Å². The summed E-state index contributed by atoms with van der Waals surface area (Å²) >= 11 is 2.08. The van der Waals surface area contributed by atoms with Crippen molar-refractivity contribution in [3.8, 4) is 5.88 Å². The van der Waals surface area contributed by atoms with Gasteiger partial charge in [-0.05, 0) is 18.9 Å².